The van der Waals surface area contributed by atoms with Gasteiger partial charge in [0.1, 0.15) is 11.5 Å². The summed E-state index contributed by atoms with van der Waals surface area (Å²) in [6.07, 6.45) is 0.882. The fraction of sp³-hybridized carbons (Fsp3) is 0.304. The van der Waals surface area contributed by atoms with Crippen LogP contribution in [0.3, 0.4) is 0 Å². The van der Waals surface area contributed by atoms with Crippen LogP contribution in [0.25, 0.3) is 20.4 Å². The van der Waals surface area contributed by atoms with Crippen LogP contribution in [-0.2, 0) is 9.59 Å². The monoisotopic (exact) mass is 484 g/mol. The molecule has 172 valence electrons. The van der Waals surface area contributed by atoms with E-state index in [4.69, 9.17) is 9.47 Å². The van der Waals surface area contributed by atoms with Crippen LogP contribution in [0, 0.1) is 0 Å². The first-order valence-electron chi connectivity index (χ1n) is 10.7. The summed E-state index contributed by atoms with van der Waals surface area (Å²) in [7, 11) is 0. The molecule has 2 aromatic carbocycles. The summed E-state index contributed by atoms with van der Waals surface area (Å²) in [6.45, 7) is 5.05. The Morgan fingerprint density at radius 1 is 0.788 bits per heavy atom. The molecule has 0 saturated carbocycles. The van der Waals surface area contributed by atoms with Gasteiger partial charge in [-0.05, 0) is 56.7 Å². The average Bonchev–Trinajstić information content (AvgIpc) is 3.36. The predicted octanol–water partition coefficient (Wildman–Crippen LogP) is 5.45. The topological polar surface area (TPSA) is 102 Å². The minimum absolute atomic E-state index is 0.171. The standard InChI is InChI=1S/C23H24N4O4S2/c1-3-30-14-8-10-16-18(12-14)32-22(24-16)26-20(28)6-5-7-21(29)27-23-25-17-11-9-15(31-4-2)13-19(17)33-23/h8-13H,3-7H2,1-2H3,(H,24,26,28)(H,25,27,29). The van der Waals surface area contributed by atoms with E-state index in [1.807, 2.05) is 50.2 Å². The lowest BCUT2D eigenvalue weighted by atomic mass is 10.2. The van der Waals surface area contributed by atoms with Crippen molar-refractivity contribution >= 4 is 65.2 Å². The maximum atomic E-state index is 12.3. The third-order valence-electron chi connectivity index (χ3n) is 4.64. The van der Waals surface area contributed by atoms with Crippen molar-refractivity contribution < 1.29 is 19.1 Å². The van der Waals surface area contributed by atoms with E-state index in [0.717, 1.165) is 31.9 Å². The van der Waals surface area contributed by atoms with Crippen LogP contribution in [0.4, 0.5) is 10.3 Å². The Morgan fingerprint density at radius 2 is 1.24 bits per heavy atom. The fourth-order valence-corrected chi connectivity index (χ4v) is 5.02. The molecule has 2 N–H and O–H groups in total. The highest BCUT2D eigenvalue weighted by Crippen LogP contribution is 2.30. The lowest BCUT2D eigenvalue weighted by Crippen LogP contribution is -2.14. The molecule has 0 spiro atoms. The number of hydrogen-bond acceptors (Lipinski definition) is 8. The summed E-state index contributed by atoms with van der Waals surface area (Å²) in [4.78, 5) is 33.4. The molecule has 10 heteroatoms. The van der Waals surface area contributed by atoms with E-state index in [1.165, 1.54) is 22.7 Å². The van der Waals surface area contributed by atoms with E-state index >= 15 is 0 Å². The molecule has 0 aliphatic heterocycles. The van der Waals surface area contributed by atoms with Gasteiger partial charge in [0.2, 0.25) is 11.8 Å². The van der Waals surface area contributed by atoms with E-state index in [1.54, 1.807) is 0 Å². The molecule has 2 aromatic heterocycles. The van der Waals surface area contributed by atoms with Gasteiger partial charge in [0.05, 0.1) is 33.6 Å². The minimum Gasteiger partial charge on any atom is -0.494 e. The molecule has 0 atom stereocenters. The van der Waals surface area contributed by atoms with Crippen molar-refractivity contribution in [2.45, 2.75) is 33.1 Å². The summed E-state index contributed by atoms with van der Waals surface area (Å²) in [5.41, 5.74) is 1.62. The number of benzene rings is 2. The number of nitrogens with zero attached hydrogens (tertiary/aromatic N) is 2. The van der Waals surface area contributed by atoms with Crippen LogP contribution < -0.4 is 20.1 Å². The van der Waals surface area contributed by atoms with Gasteiger partial charge in [-0.15, -0.1) is 0 Å². The number of amides is 2. The molecule has 4 rings (SSSR count). The highest BCUT2D eigenvalue weighted by Gasteiger charge is 2.12. The number of carbonyl (C=O) groups excluding carboxylic acids is 2. The molecular weight excluding hydrogens is 460 g/mol. The van der Waals surface area contributed by atoms with Crippen molar-refractivity contribution in [3.8, 4) is 11.5 Å². The van der Waals surface area contributed by atoms with Crippen LogP contribution in [0.1, 0.15) is 33.1 Å². The number of rotatable bonds is 10. The molecule has 0 radical (unpaired) electrons. The Bertz CT molecular complexity index is 1190. The molecule has 2 heterocycles. The maximum Gasteiger partial charge on any atom is 0.226 e. The first kappa shape index (κ1) is 22.9. The van der Waals surface area contributed by atoms with Gasteiger partial charge in [-0.1, -0.05) is 22.7 Å². The zero-order chi connectivity index (χ0) is 23.2. The number of aromatic nitrogens is 2. The van der Waals surface area contributed by atoms with Gasteiger partial charge in [-0.25, -0.2) is 9.97 Å². The van der Waals surface area contributed by atoms with Crippen molar-refractivity contribution in [2.24, 2.45) is 0 Å². The predicted molar refractivity (Wildman–Crippen MR) is 133 cm³/mol. The second-order valence-corrected chi connectivity index (χ2v) is 9.17. The smallest absolute Gasteiger partial charge is 0.226 e. The fourth-order valence-electron chi connectivity index (χ4n) is 3.20. The normalized spacial score (nSPS) is 11.0. The molecular formula is C23H24N4O4S2. The number of thiazole rings is 2. The summed E-state index contributed by atoms with van der Waals surface area (Å²) >= 11 is 2.79. The van der Waals surface area contributed by atoms with Crippen LogP contribution in [0.15, 0.2) is 36.4 Å². The summed E-state index contributed by atoms with van der Waals surface area (Å²) in [5.74, 6) is 1.21. The van der Waals surface area contributed by atoms with Crippen LogP contribution in [0.2, 0.25) is 0 Å². The van der Waals surface area contributed by atoms with Gasteiger partial charge in [-0.3, -0.25) is 9.59 Å². The van der Waals surface area contributed by atoms with Gasteiger partial charge in [-0.2, -0.15) is 0 Å². The summed E-state index contributed by atoms with van der Waals surface area (Å²) < 4.78 is 12.9. The van der Waals surface area contributed by atoms with Crippen LogP contribution >= 0.6 is 22.7 Å². The third kappa shape index (κ3) is 5.96. The van der Waals surface area contributed by atoms with Crippen molar-refractivity contribution in [1.82, 2.24) is 9.97 Å². The Balaban J connectivity index is 1.25. The van der Waals surface area contributed by atoms with Gasteiger partial charge in [0, 0.05) is 12.8 Å². The molecule has 0 fully saturated rings. The molecule has 8 nitrogen and oxygen atoms in total. The number of nitrogens with one attached hydrogen (secondary N) is 2. The molecule has 0 saturated heterocycles. The Morgan fingerprint density at radius 3 is 1.67 bits per heavy atom. The van der Waals surface area contributed by atoms with E-state index in [0.29, 0.717) is 29.9 Å². The van der Waals surface area contributed by atoms with Gasteiger partial charge < -0.3 is 20.1 Å². The van der Waals surface area contributed by atoms with E-state index in [9.17, 15) is 9.59 Å². The SMILES string of the molecule is CCOc1ccc2nc(NC(=O)CCCC(=O)Nc3nc4ccc(OCC)cc4s3)sc2c1. The number of ether oxygens (including phenoxy) is 2. The van der Waals surface area contributed by atoms with E-state index in [-0.39, 0.29) is 24.7 Å². The first-order chi connectivity index (χ1) is 16.0. The minimum atomic E-state index is -0.171. The first-order valence-corrected chi connectivity index (χ1v) is 12.3. The molecule has 4 aromatic rings. The number of carbonyl (C=O) groups is 2. The van der Waals surface area contributed by atoms with Gasteiger partial charge in [0.15, 0.2) is 10.3 Å². The lowest BCUT2D eigenvalue weighted by Gasteiger charge is -2.02. The number of anilines is 2. The molecule has 0 aliphatic rings. The van der Waals surface area contributed by atoms with Gasteiger partial charge in [0.25, 0.3) is 0 Å². The highest BCUT2D eigenvalue weighted by atomic mass is 32.1. The quantitative estimate of drug-likeness (QED) is 0.310. The van der Waals surface area contributed by atoms with Crippen LogP contribution in [0.5, 0.6) is 11.5 Å². The van der Waals surface area contributed by atoms with E-state index < -0.39 is 0 Å². The zero-order valence-electron chi connectivity index (χ0n) is 18.3. The third-order valence-corrected chi connectivity index (χ3v) is 6.51. The Hall–Kier alpha value is -3.24. The largest absolute Gasteiger partial charge is 0.494 e. The molecule has 0 aliphatic carbocycles. The average molecular weight is 485 g/mol. The van der Waals surface area contributed by atoms with Gasteiger partial charge >= 0.3 is 0 Å². The second-order valence-electron chi connectivity index (χ2n) is 7.11. The molecule has 33 heavy (non-hydrogen) atoms. The molecule has 2 amide bonds. The van der Waals surface area contributed by atoms with Crippen molar-refractivity contribution in [3.05, 3.63) is 36.4 Å². The highest BCUT2D eigenvalue weighted by molar-refractivity contribution is 7.22. The summed E-state index contributed by atoms with van der Waals surface area (Å²) in [5, 5.41) is 6.70. The van der Waals surface area contributed by atoms with Crippen LogP contribution in [-0.4, -0.2) is 35.0 Å². The number of hydrogen-bond donors (Lipinski definition) is 2. The molecule has 0 bridgehead atoms. The Labute approximate surface area is 199 Å². The maximum absolute atomic E-state index is 12.3. The molecule has 0 unspecified atom stereocenters. The number of fused-ring (bicyclic) bond motifs is 2. The van der Waals surface area contributed by atoms with E-state index in [2.05, 4.69) is 20.6 Å². The van der Waals surface area contributed by atoms with Crippen molar-refractivity contribution in [1.29, 1.82) is 0 Å². The summed E-state index contributed by atoms with van der Waals surface area (Å²) in [6, 6.07) is 11.3. The second kappa shape index (κ2) is 10.6. The zero-order valence-corrected chi connectivity index (χ0v) is 20.0. The van der Waals surface area contributed by atoms with Crippen molar-refractivity contribution in [2.75, 3.05) is 23.8 Å². The lowest BCUT2D eigenvalue weighted by molar-refractivity contribution is -0.117. The van der Waals surface area contributed by atoms with Crippen molar-refractivity contribution in [3.63, 3.8) is 0 Å². The Kier molecular flexibility index (Phi) is 7.36.